The zero-order chi connectivity index (χ0) is 20.0. The largest absolute Gasteiger partial charge is 0.454 e. The number of carbonyl (C=O) groups excluding carboxylic acids is 1. The Bertz CT molecular complexity index is 906. The zero-order valence-corrected chi connectivity index (χ0v) is 17.5. The summed E-state index contributed by atoms with van der Waals surface area (Å²) in [6.07, 6.45) is 0.390. The number of hydrogen-bond donors (Lipinski definition) is 0. The maximum atomic E-state index is 13.1. The standard InChI is InChI=1S/C20H25N5O3S/c1-23(2)9-20-10-24(7-15(20)8-25(11-20)19-22-21-12-29-19)18(26)6-14-3-4-16-17(5-14)28-13-27-16/h3-5,12,15H,6-11,13H2,1-2H3/t15-,20+/m1/s1. The van der Waals surface area contributed by atoms with Gasteiger partial charge in [0.05, 0.1) is 6.42 Å². The van der Waals surface area contributed by atoms with Crippen LogP contribution in [-0.4, -0.2) is 79.5 Å². The van der Waals surface area contributed by atoms with Crippen LogP contribution in [0.3, 0.4) is 0 Å². The summed E-state index contributed by atoms with van der Waals surface area (Å²) in [5.74, 6) is 2.09. The van der Waals surface area contributed by atoms with Gasteiger partial charge in [-0.1, -0.05) is 17.4 Å². The molecule has 0 N–H and O–H groups in total. The van der Waals surface area contributed by atoms with E-state index in [9.17, 15) is 4.79 Å². The molecule has 4 heterocycles. The first-order valence-electron chi connectivity index (χ1n) is 9.85. The molecule has 0 aliphatic carbocycles. The van der Waals surface area contributed by atoms with Crippen LogP contribution in [-0.2, 0) is 11.2 Å². The van der Waals surface area contributed by atoms with E-state index in [1.807, 2.05) is 18.2 Å². The molecular weight excluding hydrogens is 390 g/mol. The van der Waals surface area contributed by atoms with Crippen molar-refractivity contribution in [3.63, 3.8) is 0 Å². The second kappa shape index (κ2) is 7.14. The van der Waals surface area contributed by atoms with Gasteiger partial charge in [-0.25, -0.2) is 0 Å². The highest BCUT2D eigenvalue weighted by atomic mass is 32.1. The second-order valence-corrected chi connectivity index (χ2v) is 9.35. The van der Waals surface area contributed by atoms with Crippen LogP contribution in [0.1, 0.15) is 5.56 Å². The van der Waals surface area contributed by atoms with Gasteiger partial charge in [-0.15, -0.1) is 10.2 Å². The number of aromatic nitrogens is 2. The topological polar surface area (TPSA) is 71.0 Å². The molecule has 0 bridgehead atoms. The van der Waals surface area contributed by atoms with Crippen molar-refractivity contribution in [2.45, 2.75) is 6.42 Å². The number of hydrogen-bond acceptors (Lipinski definition) is 8. The van der Waals surface area contributed by atoms with Crippen LogP contribution in [0.5, 0.6) is 11.5 Å². The van der Waals surface area contributed by atoms with Crippen LogP contribution >= 0.6 is 11.3 Å². The maximum Gasteiger partial charge on any atom is 0.231 e. The molecule has 3 aliphatic rings. The number of benzene rings is 1. The molecular formula is C20H25N5O3S. The molecule has 8 nitrogen and oxygen atoms in total. The van der Waals surface area contributed by atoms with Crippen molar-refractivity contribution in [2.75, 3.05) is 58.5 Å². The van der Waals surface area contributed by atoms with Crippen molar-refractivity contribution in [1.29, 1.82) is 0 Å². The SMILES string of the molecule is CN(C)C[C@@]12CN(C(=O)Cc3ccc4c(c3)OCO4)C[C@@H]1CN(c1nncs1)C2. The van der Waals surface area contributed by atoms with Gasteiger partial charge in [0.2, 0.25) is 17.8 Å². The second-order valence-electron chi connectivity index (χ2n) is 8.54. The number of likely N-dealkylation sites (tertiary alicyclic amines) is 1. The van der Waals surface area contributed by atoms with E-state index in [-0.39, 0.29) is 18.1 Å². The van der Waals surface area contributed by atoms with E-state index in [1.54, 1.807) is 16.8 Å². The monoisotopic (exact) mass is 415 g/mol. The molecule has 5 rings (SSSR count). The van der Waals surface area contributed by atoms with Gasteiger partial charge in [-0.3, -0.25) is 4.79 Å². The van der Waals surface area contributed by atoms with Crippen molar-refractivity contribution < 1.29 is 14.3 Å². The van der Waals surface area contributed by atoms with Crippen molar-refractivity contribution >= 4 is 22.4 Å². The van der Waals surface area contributed by atoms with Gasteiger partial charge in [-0.05, 0) is 31.8 Å². The molecule has 3 aliphatic heterocycles. The smallest absolute Gasteiger partial charge is 0.231 e. The van der Waals surface area contributed by atoms with Gasteiger partial charge in [-0.2, -0.15) is 0 Å². The normalized spacial score (nSPS) is 25.1. The summed E-state index contributed by atoms with van der Waals surface area (Å²) in [6, 6.07) is 5.76. The molecule has 0 radical (unpaired) electrons. The Hall–Kier alpha value is -2.39. The van der Waals surface area contributed by atoms with Gasteiger partial charge < -0.3 is 24.2 Å². The fraction of sp³-hybridized carbons (Fsp3) is 0.550. The Morgan fingerprint density at radius 2 is 2.14 bits per heavy atom. The number of ether oxygens (including phenoxy) is 2. The minimum Gasteiger partial charge on any atom is -0.454 e. The Morgan fingerprint density at radius 1 is 1.28 bits per heavy atom. The van der Waals surface area contributed by atoms with E-state index in [4.69, 9.17) is 9.47 Å². The van der Waals surface area contributed by atoms with E-state index >= 15 is 0 Å². The molecule has 9 heteroatoms. The highest BCUT2D eigenvalue weighted by Crippen LogP contribution is 2.45. The minimum atomic E-state index is 0.0692. The van der Waals surface area contributed by atoms with Crippen molar-refractivity contribution in [3.8, 4) is 11.5 Å². The van der Waals surface area contributed by atoms with Gasteiger partial charge in [0.25, 0.3) is 0 Å². The molecule has 2 saturated heterocycles. The highest BCUT2D eigenvalue weighted by molar-refractivity contribution is 7.13. The first-order chi connectivity index (χ1) is 14.0. The number of carbonyl (C=O) groups is 1. The highest BCUT2D eigenvalue weighted by Gasteiger charge is 2.54. The van der Waals surface area contributed by atoms with E-state index in [0.29, 0.717) is 12.3 Å². The van der Waals surface area contributed by atoms with Gasteiger partial charge >= 0.3 is 0 Å². The predicted molar refractivity (Wildman–Crippen MR) is 109 cm³/mol. The van der Waals surface area contributed by atoms with Gasteiger partial charge in [0.15, 0.2) is 11.5 Å². The summed E-state index contributed by atoms with van der Waals surface area (Å²) >= 11 is 1.58. The summed E-state index contributed by atoms with van der Waals surface area (Å²) in [7, 11) is 4.22. The number of fused-ring (bicyclic) bond motifs is 2. The molecule has 2 fully saturated rings. The molecule has 29 heavy (non-hydrogen) atoms. The van der Waals surface area contributed by atoms with Gasteiger partial charge in [0.1, 0.15) is 5.51 Å². The summed E-state index contributed by atoms with van der Waals surface area (Å²) in [5.41, 5.74) is 2.82. The minimum absolute atomic E-state index is 0.0692. The first-order valence-corrected chi connectivity index (χ1v) is 10.7. The average molecular weight is 416 g/mol. The zero-order valence-electron chi connectivity index (χ0n) is 16.7. The molecule has 1 aromatic heterocycles. The molecule has 0 spiro atoms. The number of anilines is 1. The lowest BCUT2D eigenvalue weighted by molar-refractivity contribution is -0.129. The summed E-state index contributed by atoms with van der Waals surface area (Å²) in [5, 5.41) is 9.23. The van der Waals surface area contributed by atoms with Crippen LogP contribution in [0.25, 0.3) is 0 Å². The molecule has 0 unspecified atom stereocenters. The molecule has 1 aromatic carbocycles. The maximum absolute atomic E-state index is 13.1. The fourth-order valence-corrected chi connectivity index (χ4v) is 5.58. The number of amides is 1. The molecule has 2 atom stereocenters. The Labute approximate surface area is 174 Å². The quantitative estimate of drug-likeness (QED) is 0.730. The summed E-state index contributed by atoms with van der Waals surface area (Å²) in [4.78, 5) is 19.7. The third kappa shape index (κ3) is 3.42. The van der Waals surface area contributed by atoms with Crippen LogP contribution < -0.4 is 14.4 Å². The van der Waals surface area contributed by atoms with Crippen molar-refractivity contribution in [1.82, 2.24) is 20.0 Å². The molecule has 2 aromatic rings. The average Bonchev–Trinajstić information content (AvgIpc) is 3.43. The van der Waals surface area contributed by atoms with Crippen molar-refractivity contribution in [2.24, 2.45) is 11.3 Å². The van der Waals surface area contributed by atoms with Gasteiger partial charge in [0, 0.05) is 44.1 Å². The molecule has 0 saturated carbocycles. The number of rotatable bonds is 5. The predicted octanol–water partition coefficient (Wildman–Crippen LogP) is 1.34. The van der Waals surface area contributed by atoms with Crippen molar-refractivity contribution in [3.05, 3.63) is 29.3 Å². The summed E-state index contributed by atoms with van der Waals surface area (Å²) in [6.45, 7) is 4.64. The van der Waals surface area contributed by atoms with E-state index in [1.165, 1.54) is 0 Å². The fourth-order valence-electron chi connectivity index (χ4n) is 5.01. The Balaban J connectivity index is 1.30. The van der Waals surface area contributed by atoms with Crippen LogP contribution in [0.15, 0.2) is 23.7 Å². The van der Waals surface area contributed by atoms with Crippen LogP contribution in [0, 0.1) is 11.3 Å². The molecule has 154 valence electrons. The van der Waals surface area contributed by atoms with Crippen LogP contribution in [0.4, 0.5) is 5.13 Å². The number of nitrogens with zero attached hydrogens (tertiary/aromatic N) is 5. The lowest BCUT2D eigenvalue weighted by atomic mass is 9.80. The van der Waals surface area contributed by atoms with E-state index in [0.717, 1.165) is 54.9 Å². The van der Waals surface area contributed by atoms with E-state index < -0.39 is 0 Å². The van der Waals surface area contributed by atoms with Crippen LogP contribution in [0.2, 0.25) is 0 Å². The molecule has 1 amide bonds. The Kier molecular flexibility index (Phi) is 4.59. The summed E-state index contributed by atoms with van der Waals surface area (Å²) < 4.78 is 10.8. The first kappa shape index (κ1) is 18.6. The van der Waals surface area contributed by atoms with E-state index in [2.05, 4.69) is 39.0 Å². The lowest BCUT2D eigenvalue weighted by Gasteiger charge is -2.32. The third-order valence-electron chi connectivity index (χ3n) is 6.15. The Morgan fingerprint density at radius 3 is 2.93 bits per heavy atom. The third-order valence-corrected chi connectivity index (χ3v) is 6.90. The lowest BCUT2D eigenvalue weighted by Crippen LogP contribution is -2.43.